The standard InChI is InChI=1S/C14H20N2O3/c1-15-7-9-16(10-8-15)12-5-3-4-6-13(12)19-11-14(17)18-2/h3-6H,7-11H2,1-2H3. The van der Waals surface area contributed by atoms with E-state index in [1.807, 2.05) is 24.3 Å². The van der Waals surface area contributed by atoms with E-state index >= 15 is 0 Å². The molecule has 1 aliphatic heterocycles. The zero-order valence-corrected chi connectivity index (χ0v) is 11.5. The van der Waals surface area contributed by atoms with Crippen molar-refractivity contribution >= 4 is 11.7 Å². The third-order valence-corrected chi connectivity index (χ3v) is 3.28. The summed E-state index contributed by atoms with van der Waals surface area (Å²) < 4.78 is 10.1. The van der Waals surface area contributed by atoms with Gasteiger partial charge in [0.1, 0.15) is 5.75 Å². The maximum absolute atomic E-state index is 11.1. The highest BCUT2D eigenvalue weighted by atomic mass is 16.6. The molecular formula is C14H20N2O3. The molecule has 0 radical (unpaired) electrons. The van der Waals surface area contributed by atoms with Gasteiger partial charge >= 0.3 is 5.97 Å². The minimum atomic E-state index is -0.367. The minimum Gasteiger partial charge on any atom is -0.480 e. The van der Waals surface area contributed by atoms with Crippen molar-refractivity contribution in [2.24, 2.45) is 0 Å². The van der Waals surface area contributed by atoms with Crippen LogP contribution in [0.3, 0.4) is 0 Å². The van der Waals surface area contributed by atoms with Crippen molar-refractivity contribution < 1.29 is 14.3 Å². The Labute approximate surface area is 113 Å². The lowest BCUT2D eigenvalue weighted by Crippen LogP contribution is -2.44. The average Bonchev–Trinajstić information content (AvgIpc) is 2.46. The van der Waals surface area contributed by atoms with Gasteiger partial charge in [-0.15, -0.1) is 0 Å². The topological polar surface area (TPSA) is 42.0 Å². The molecule has 0 aromatic heterocycles. The highest BCUT2D eigenvalue weighted by Crippen LogP contribution is 2.28. The van der Waals surface area contributed by atoms with Gasteiger partial charge in [0.25, 0.3) is 0 Å². The summed E-state index contributed by atoms with van der Waals surface area (Å²) in [7, 11) is 3.48. The summed E-state index contributed by atoms with van der Waals surface area (Å²) in [5.74, 6) is 0.366. The minimum absolute atomic E-state index is 0.0543. The number of benzene rings is 1. The predicted octanol–water partition coefficient (Wildman–Crippen LogP) is 0.990. The number of methoxy groups -OCH3 is 1. The molecule has 1 aromatic rings. The molecule has 19 heavy (non-hydrogen) atoms. The van der Waals surface area contributed by atoms with E-state index in [1.165, 1.54) is 7.11 Å². The number of para-hydroxylation sites is 2. The van der Waals surface area contributed by atoms with Crippen LogP contribution in [-0.2, 0) is 9.53 Å². The number of likely N-dealkylation sites (N-methyl/N-ethyl adjacent to an activating group) is 1. The molecule has 2 rings (SSSR count). The summed E-state index contributed by atoms with van der Waals surface area (Å²) >= 11 is 0. The first kappa shape index (κ1) is 13.7. The second kappa shape index (κ2) is 6.43. The number of rotatable bonds is 4. The summed E-state index contributed by atoms with van der Waals surface area (Å²) in [4.78, 5) is 15.7. The van der Waals surface area contributed by atoms with Crippen molar-refractivity contribution in [1.82, 2.24) is 4.90 Å². The number of nitrogens with zero attached hydrogens (tertiary/aromatic N) is 2. The molecular weight excluding hydrogens is 244 g/mol. The number of esters is 1. The lowest BCUT2D eigenvalue weighted by Gasteiger charge is -2.34. The molecule has 0 amide bonds. The van der Waals surface area contributed by atoms with Crippen molar-refractivity contribution in [2.45, 2.75) is 0 Å². The molecule has 1 aliphatic rings. The molecule has 0 unspecified atom stereocenters. The number of carbonyl (C=O) groups excluding carboxylic acids is 1. The molecule has 1 fully saturated rings. The van der Waals surface area contributed by atoms with E-state index in [0.717, 1.165) is 37.6 Å². The van der Waals surface area contributed by atoms with Crippen LogP contribution in [0.1, 0.15) is 0 Å². The van der Waals surface area contributed by atoms with E-state index in [2.05, 4.69) is 21.6 Å². The normalized spacial score (nSPS) is 16.2. The van der Waals surface area contributed by atoms with Crippen LogP contribution < -0.4 is 9.64 Å². The van der Waals surface area contributed by atoms with Crippen LogP contribution >= 0.6 is 0 Å². The van der Waals surface area contributed by atoms with E-state index in [1.54, 1.807) is 0 Å². The lowest BCUT2D eigenvalue weighted by molar-refractivity contribution is -0.142. The number of carbonyl (C=O) groups is 1. The van der Waals surface area contributed by atoms with Crippen LogP contribution in [0.2, 0.25) is 0 Å². The molecule has 0 atom stereocenters. The molecule has 0 spiro atoms. The highest BCUT2D eigenvalue weighted by molar-refractivity contribution is 5.71. The summed E-state index contributed by atoms with van der Waals surface area (Å²) in [5.41, 5.74) is 1.04. The Bertz CT molecular complexity index is 428. The first-order valence-corrected chi connectivity index (χ1v) is 6.43. The largest absolute Gasteiger partial charge is 0.480 e. The number of anilines is 1. The van der Waals surface area contributed by atoms with Crippen LogP contribution in [0.4, 0.5) is 5.69 Å². The molecule has 0 bridgehead atoms. The van der Waals surface area contributed by atoms with Crippen molar-refractivity contribution in [3.05, 3.63) is 24.3 Å². The fraction of sp³-hybridized carbons (Fsp3) is 0.500. The summed E-state index contributed by atoms with van der Waals surface area (Å²) in [6, 6.07) is 7.80. The average molecular weight is 264 g/mol. The molecule has 104 valence electrons. The second-order valence-corrected chi connectivity index (χ2v) is 4.62. The Morgan fingerprint density at radius 3 is 2.58 bits per heavy atom. The van der Waals surface area contributed by atoms with Gasteiger partial charge in [-0.05, 0) is 19.2 Å². The number of hydrogen-bond acceptors (Lipinski definition) is 5. The van der Waals surface area contributed by atoms with E-state index in [-0.39, 0.29) is 12.6 Å². The van der Waals surface area contributed by atoms with Gasteiger partial charge in [-0.3, -0.25) is 0 Å². The van der Waals surface area contributed by atoms with Gasteiger partial charge in [0, 0.05) is 26.2 Å². The van der Waals surface area contributed by atoms with Gasteiger partial charge in [-0.1, -0.05) is 12.1 Å². The molecule has 0 saturated carbocycles. The number of hydrogen-bond donors (Lipinski definition) is 0. The van der Waals surface area contributed by atoms with Crippen molar-refractivity contribution in [1.29, 1.82) is 0 Å². The summed E-state index contributed by atoms with van der Waals surface area (Å²) in [6.45, 7) is 3.95. The zero-order chi connectivity index (χ0) is 13.7. The fourth-order valence-electron chi connectivity index (χ4n) is 2.08. The second-order valence-electron chi connectivity index (χ2n) is 4.62. The van der Waals surface area contributed by atoms with Crippen LogP contribution in [-0.4, -0.2) is 57.8 Å². The smallest absolute Gasteiger partial charge is 0.343 e. The molecule has 5 heteroatoms. The van der Waals surface area contributed by atoms with Gasteiger partial charge in [0.05, 0.1) is 12.8 Å². The fourth-order valence-corrected chi connectivity index (χ4v) is 2.08. The maximum atomic E-state index is 11.1. The SMILES string of the molecule is COC(=O)COc1ccccc1N1CCN(C)CC1. The zero-order valence-electron chi connectivity index (χ0n) is 11.5. The number of piperazine rings is 1. The molecule has 0 aliphatic carbocycles. The molecule has 1 heterocycles. The third kappa shape index (κ3) is 3.61. The highest BCUT2D eigenvalue weighted by Gasteiger charge is 2.17. The first-order valence-electron chi connectivity index (χ1n) is 6.43. The van der Waals surface area contributed by atoms with Crippen LogP contribution in [0.15, 0.2) is 24.3 Å². The Morgan fingerprint density at radius 1 is 1.21 bits per heavy atom. The molecule has 1 saturated heterocycles. The third-order valence-electron chi connectivity index (χ3n) is 3.28. The Balaban J connectivity index is 2.05. The van der Waals surface area contributed by atoms with Gasteiger partial charge in [-0.2, -0.15) is 0 Å². The maximum Gasteiger partial charge on any atom is 0.343 e. The lowest BCUT2D eigenvalue weighted by atomic mass is 10.2. The van der Waals surface area contributed by atoms with Crippen LogP contribution in [0.25, 0.3) is 0 Å². The molecule has 0 N–H and O–H groups in total. The monoisotopic (exact) mass is 264 g/mol. The van der Waals surface area contributed by atoms with Crippen molar-refractivity contribution in [3.8, 4) is 5.75 Å². The molecule has 1 aromatic carbocycles. The predicted molar refractivity (Wildman–Crippen MR) is 73.7 cm³/mol. The van der Waals surface area contributed by atoms with E-state index < -0.39 is 0 Å². The molecule has 5 nitrogen and oxygen atoms in total. The van der Waals surface area contributed by atoms with E-state index in [0.29, 0.717) is 0 Å². The van der Waals surface area contributed by atoms with E-state index in [4.69, 9.17) is 4.74 Å². The van der Waals surface area contributed by atoms with Crippen LogP contribution in [0.5, 0.6) is 5.75 Å². The van der Waals surface area contributed by atoms with Gasteiger partial charge in [0.15, 0.2) is 6.61 Å². The summed E-state index contributed by atoms with van der Waals surface area (Å²) in [6.07, 6.45) is 0. The Hall–Kier alpha value is -1.75. The van der Waals surface area contributed by atoms with E-state index in [9.17, 15) is 4.79 Å². The van der Waals surface area contributed by atoms with Gasteiger partial charge < -0.3 is 19.3 Å². The van der Waals surface area contributed by atoms with Crippen molar-refractivity contribution in [3.63, 3.8) is 0 Å². The Morgan fingerprint density at radius 2 is 1.89 bits per heavy atom. The van der Waals surface area contributed by atoms with Crippen LogP contribution in [0, 0.1) is 0 Å². The first-order chi connectivity index (χ1) is 9.20. The van der Waals surface area contributed by atoms with Crippen molar-refractivity contribution in [2.75, 3.05) is 51.8 Å². The quantitative estimate of drug-likeness (QED) is 0.759. The van der Waals surface area contributed by atoms with Gasteiger partial charge in [0.2, 0.25) is 0 Å². The van der Waals surface area contributed by atoms with Gasteiger partial charge in [-0.25, -0.2) is 4.79 Å². The summed E-state index contributed by atoms with van der Waals surface area (Å²) in [5, 5.41) is 0. The number of ether oxygens (including phenoxy) is 2. The Kier molecular flexibility index (Phi) is 4.63.